The van der Waals surface area contributed by atoms with E-state index in [9.17, 15) is 4.79 Å². The maximum Gasteiger partial charge on any atom is 0.249 e. The summed E-state index contributed by atoms with van der Waals surface area (Å²) >= 11 is 0. The van der Waals surface area contributed by atoms with Gasteiger partial charge in [0.2, 0.25) is 5.91 Å². The minimum absolute atomic E-state index is 0.177. The minimum Gasteiger partial charge on any atom is -0.368 e. The number of amides is 1. The highest BCUT2D eigenvalue weighted by Crippen LogP contribution is 2.15. The SMILES string of the molecule is CC/C=C(/C)C(=O)N1CCN(c2ccncc2)CC1. The minimum atomic E-state index is 0.177. The summed E-state index contributed by atoms with van der Waals surface area (Å²) in [7, 11) is 0. The van der Waals surface area contributed by atoms with Crippen LogP contribution < -0.4 is 4.90 Å². The van der Waals surface area contributed by atoms with Crippen molar-refractivity contribution in [2.45, 2.75) is 20.3 Å². The Bertz CT molecular complexity index is 448. The first-order chi connectivity index (χ1) is 9.22. The number of carbonyl (C=O) groups excluding carboxylic acids is 1. The van der Waals surface area contributed by atoms with Gasteiger partial charge in [0, 0.05) is 49.8 Å². The van der Waals surface area contributed by atoms with Crippen LogP contribution in [-0.2, 0) is 4.79 Å². The lowest BCUT2D eigenvalue weighted by Gasteiger charge is -2.36. The standard InChI is InChI=1S/C15H21N3O/c1-3-4-13(2)15(19)18-11-9-17(10-12-18)14-5-7-16-8-6-14/h4-8H,3,9-12H2,1-2H3/b13-4-. The predicted molar refractivity (Wildman–Crippen MR) is 77.1 cm³/mol. The van der Waals surface area contributed by atoms with Crippen molar-refractivity contribution in [3.05, 3.63) is 36.2 Å². The van der Waals surface area contributed by atoms with Crippen molar-refractivity contribution in [2.24, 2.45) is 0 Å². The predicted octanol–water partition coefficient (Wildman–Crippen LogP) is 2.09. The molecule has 102 valence electrons. The maximum absolute atomic E-state index is 12.2. The summed E-state index contributed by atoms with van der Waals surface area (Å²) in [5.41, 5.74) is 2.04. The second-order valence-electron chi connectivity index (χ2n) is 4.78. The van der Waals surface area contributed by atoms with E-state index in [-0.39, 0.29) is 5.91 Å². The van der Waals surface area contributed by atoms with Crippen LogP contribution in [0.5, 0.6) is 0 Å². The molecule has 1 fully saturated rings. The third kappa shape index (κ3) is 3.34. The highest BCUT2D eigenvalue weighted by Gasteiger charge is 2.21. The van der Waals surface area contributed by atoms with Crippen LogP contribution in [0.1, 0.15) is 20.3 Å². The molecule has 0 radical (unpaired) electrons. The zero-order valence-corrected chi connectivity index (χ0v) is 11.7. The third-order valence-corrected chi connectivity index (χ3v) is 3.44. The molecule has 0 saturated carbocycles. The first-order valence-corrected chi connectivity index (χ1v) is 6.83. The van der Waals surface area contributed by atoms with E-state index in [1.54, 1.807) is 12.4 Å². The average molecular weight is 259 g/mol. The van der Waals surface area contributed by atoms with Crippen molar-refractivity contribution in [2.75, 3.05) is 31.1 Å². The number of aromatic nitrogens is 1. The molecule has 1 amide bonds. The maximum atomic E-state index is 12.2. The second kappa shape index (κ2) is 6.36. The zero-order chi connectivity index (χ0) is 13.7. The van der Waals surface area contributed by atoms with Gasteiger partial charge in [-0.3, -0.25) is 9.78 Å². The lowest BCUT2D eigenvalue weighted by atomic mass is 10.2. The van der Waals surface area contributed by atoms with Gasteiger partial charge in [0.15, 0.2) is 0 Å². The van der Waals surface area contributed by atoms with Crippen LogP contribution in [0.3, 0.4) is 0 Å². The highest BCUT2D eigenvalue weighted by molar-refractivity contribution is 5.92. The number of rotatable bonds is 3. The fourth-order valence-corrected chi connectivity index (χ4v) is 2.37. The van der Waals surface area contributed by atoms with Gasteiger partial charge < -0.3 is 9.80 Å². The van der Waals surface area contributed by atoms with E-state index in [2.05, 4.69) is 16.8 Å². The van der Waals surface area contributed by atoms with Crippen LogP contribution in [0, 0.1) is 0 Å². The molecule has 1 saturated heterocycles. The van der Waals surface area contributed by atoms with Gasteiger partial charge >= 0.3 is 0 Å². The van der Waals surface area contributed by atoms with Gasteiger partial charge in [-0.15, -0.1) is 0 Å². The monoisotopic (exact) mass is 259 g/mol. The number of allylic oxidation sites excluding steroid dienone is 1. The Labute approximate surface area is 114 Å². The number of hydrogen-bond acceptors (Lipinski definition) is 3. The molecule has 1 aliphatic heterocycles. The summed E-state index contributed by atoms with van der Waals surface area (Å²) < 4.78 is 0. The van der Waals surface area contributed by atoms with Crippen LogP contribution in [0.15, 0.2) is 36.2 Å². The summed E-state index contributed by atoms with van der Waals surface area (Å²) in [6, 6.07) is 4.03. The summed E-state index contributed by atoms with van der Waals surface area (Å²) in [6.07, 6.45) is 6.52. The van der Waals surface area contributed by atoms with E-state index in [1.807, 2.05) is 30.0 Å². The van der Waals surface area contributed by atoms with Gasteiger partial charge in [0.25, 0.3) is 0 Å². The molecule has 1 aliphatic rings. The molecule has 0 unspecified atom stereocenters. The van der Waals surface area contributed by atoms with Gasteiger partial charge in [0.05, 0.1) is 0 Å². The van der Waals surface area contributed by atoms with E-state index in [4.69, 9.17) is 0 Å². The molecule has 0 N–H and O–H groups in total. The van der Waals surface area contributed by atoms with Gasteiger partial charge in [0.1, 0.15) is 0 Å². The summed E-state index contributed by atoms with van der Waals surface area (Å²) in [5.74, 6) is 0.177. The molecule has 19 heavy (non-hydrogen) atoms. The van der Waals surface area contributed by atoms with E-state index in [0.29, 0.717) is 0 Å². The van der Waals surface area contributed by atoms with Crippen LogP contribution in [-0.4, -0.2) is 42.0 Å². The molecule has 0 bridgehead atoms. The van der Waals surface area contributed by atoms with Crippen molar-refractivity contribution in [3.63, 3.8) is 0 Å². The van der Waals surface area contributed by atoms with Crippen molar-refractivity contribution in [1.82, 2.24) is 9.88 Å². The van der Waals surface area contributed by atoms with E-state index < -0.39 is 0 Å². The van der Waals surface area contributed by atoms with E-state index in [1.165, 1.54) is 5.69 Å². The van der Waals surface area contributed by atoms with Crippen molar-refractivity contribution in [3.8, 4) is 0 Å². The number of anilines is 1. The molecule has 1 aromatic heterocycles. The number of nitrogens with zero attached hydrogens (tertiary/aromatic N) is 3. The Hall–Kier alpha value is -1.84. The topological polar surface area (TPSA) is 36.4 Å². The molecule has 0 aromatic carbocycles. The Morgan fingerprint density at radius 2 is 1.89 bits per heavy atom. The van der Waals surface area contributed by atoms with Crippen LogP contribution in [0.25, 0.3) is 0 Å². The molecule has 1 aromatic rings. The molecule has 0 atom stereocenters. The Morgan fingerprint density at radius 3 is 2.47 bits per heavy atom. The number of carbonyl (C=O) groups is 1. The van der Waals surface area contributed by atoms with Crippen molar-refractivity contribution >= 4 is 11.6 Å². The first-order valence-electron chi connectivity index (χ1n) is 6.83. The molecule has 4 heteroatoms. The van der Waals surface area contributed by atoms with Crippen LogP contribution in [0.2, 0.25) is 0 Å². The van der Waals surface area contributed by atoms with Gasteiger partial charge in [-0.05, 0) is 25.5 Å². The normalized spacial score (nSPS) is 16.6. The smallest absolute Gasteiger partial charge is 0.249 e. The molecule has 0 spiro atoms. The fraction of sp³-hybridized carbons (Fsp3) is 0.467. The summed E-state index contributed by atoms with van der Waals surface area (Å²) in [6.45, 7) is 7.30. The Morgan fingerprint density at radius 1 is 1.26 bits per heavy atom. The highest BCUT2D eigenvalue weighted by atomic mass is 16.2. The molecule has 2 rings (SSSR count). The lowest BCUT2D eigenvalue weighted by Crippen LogP contribution is -2.49. The number of pyridine rings is 1. The van der Waals surface area contributed by atoms with Crippen LogP contribution >= 0.6 is 0 Å². The summed E-state index contributed by atoms with van der Waals surface area (Å²) in [5, 5.41) is 0. The van der Waals surface area contributed by atoms with Gasteiger partial charge in [-0.25, -0.2) is 0 Å². The molecular weight excluding hydrogens is 238 g/mol. The lowest BCUT2D eigenvalue weighted by molar-refractivity contribution is -0.127. The first kappa shape index (κ1) is 13.6. The summed E-state index contributed by atoms with van der Waals surface area (Å²) in [4.78, 5) is 20.4. The zero-order valence-electron chi connectivity index (χ0n) is 11.7. The number of hydrogen-bond donors (Lipinski definition) is 0. The quantitative estimate of drug-likeness (QED) is 0.780. The Kier molecular flexibility index (Phi) is 4.55. The number of piperazine rings is 1. The van der Waals surface area contributed by atoms with Gasteiger partial charge in [-0.2, -0.15) is 0 Å². The van der Waals surface area contributed by atoms with E-state index in [0.717, 1.165) is 38.2 Å². The molecule has 4 nitrogen and oxygen atoms in total. The fourth-order valence-electron chi connectivity index (χ4n) is 2.37. The van der Waals surface area contributed by atoms with E-state index >= 15 is 0 Å². The largest absolute Gasteiger partial charge is 0.368 e. The van der Waals surface area contributed by atoms with Crippen molar-refractivity contribution < 1.29 is 4.79 Å². The average Bonchev–Trinajstić information content (AvgIpc) is 2.48. The Balaban J connectivity index is 1.93. The third-order valence-electron chi connectivity index (χ3n) is 3.44. The van der Waals surface area contributed by atoms with Crippen LogP contribution in [0.4, 0.5) is 5.69 Å². The second-order valence-corrected chi connectivity index (χ2v) is 4.78. The molecular formula is C15H21N3O. The van der Waals surface area contributed by atoms with Gasteiger partial charge in [-0.1, -0.05) is 13.0 Å². The molecule has 0 aliphatic carbocycles. The molecule has 2 heterocycles. The van der Waals surface area contributed by atoms with Crippen molar-refractivity contribution in [1.29, 1.82) is 0 Å².